The van der Waals surface area contributed by atoms with Crippen LogP contribution in [0.15, 0.2) is 12.1 Å². The van der Waals surface area contributed by atoms with E-state index in [1.165, 1.54) is 0 Å². The molecule has 0 saturated carbocycles. The van der Waals surface area contributed by atoms with Crippen molar-refractivity contribution in [2.24, 2.45) is 0 Å². The summed E-state index contributed by atoms with van der Waals surface area (Å²) in [5, 5.41) is 33.3. The molecule has 8 nitrogen and oxygen atoms in total. The van der Waals surface area contributed by atoms with E-state index in [2.05, 4.69) is 5.32 Å². The highest BCUT2D eigenvalue weighted by Crippen LogP contribution is 2.38. The summed E-state index contributed by atoms with van der Waals surface area (Å²) in [6.45, 7) is 0.452. The van der Waals surface area contributed by atoms with Crippen LogP contribution in [0.3, 0.4) is 0 Å². The minimum Gasteiger partial charge on any atom is -0.395 e. The zero-order valence-electron chi connectivity index (χ0n) is 11.8. The Kier molecular flexibility index (Phi) is 6.39. The molecule has 2 N–H and O–H groups in total. The molecule has 0 spiro atoms. The number of alkyl halides is 3. The SMILES string of the molecule is O=[N+]([O-])c1cc(C(F)(F)F)cc([N+](=O)[O-])c1CCCNCCO. The maximum atomic E-state index is 12.7. The van der Waals surface area contributed by atoms with Crippen LogP contribution in [0.4, 0.5) is 24.5 Å². The molecule has 0 aliphatic rings. The second-order valence-corrected chi connectivity index (χ2v) is 4.58. The van der Waals surface area contributed by atoms with Gasteiger partial charge in [-0.3, -0.25) is 20.2 Å². The van der Waals surface area contributed by atoms with Crippen LogP contribution in [0.5, 0.6) is 0 Å². The van der Waals surface area contributed by atoms with Crippen molar-refractivity contribution in [2.45, 2.75) is 19.0 Å². The molecule has 0 radical (unpaired) electrons. The molecule has 0 saturated heterocycles. The first-order valence-corrected chi connectivity index (χ1v) is 6.53. The Morgan fingerprint density at radius 3 is 2.00 bits per heavy atom. The smallest absolute Gasteiger partial charge is 0.395 e. The van der Waals surface area contributed by atoms with Crippen molar-refractivity contribution >= 4 is 11.4 Å². The van der Waals surface area contributed by atoms with Crippen LogP contribution in [-0.2, 0) is 12.6 Å². The van der Waals surface area contributed by atoms with Gasteiger partial charge in [-0.05, 0) is 19.4 Å². The van der Waals surface area contributed by atoms with Crippen LogP contribution in [0.2, 0.25) is 0 Å². The number of nitrogens with one attached hydrogen (secondary N) is 1. The van der Waals surface area contributed by atoms with Crippen molar-refractivity contribution in [1.29, 1.82) is 0 Å². The maximum absolute atomic E-state index is 12.7. The third-order valence-corrected chi connectivity index (χ3v) is 2.99. The molecule has 0 aromatic heterocycles. The zero-order chi connectivity index (χ0) is 17.6. The van der Waals surface area contributed by atoms with E-state index in [1.807, 2.05) is 0 Å². The van der Waals surface area contributed by atoms with Crippen molar-refractivity contribution in [1.82, 2.24) is 5.32 Å². The maximum Gasteiger partial charge on any atom is 0.416 e. The summed E-state index contributed by atoms with van der Waals surface area (Å²) in [6.07, 6.45) is -4.83. The molecule has 11 heteroatoms. The fraction of sp³-hybridized carbons (Fsp3) is 0.500. The average molecular weight is 337 g/mol. The monoisotopic (exact) mass is 337 g/mol. The van der Waals surface area contributed by atoms with Gasteiger partial charge in [0.1, 0.15) is 5.56 Å². The van der Waals surface area contributed by atoms with Gasteiger partial charge < -0.3 is 10.4 Å². The molecule has 0 amide bonds. The highest BCUT2D eigenvalue weighted by molar-refractivity contribution is 5.57. The Hall–Kier alpha value is -2.27. The number of halogens is 3. The second-order valence-electron chi connectivity index (χ2n) is 4.58. The molecule has 0 aliphatic carbocycles. The quantitative estimate of drug-likeness (QED) is 0.426. The first-order chi connectivity index (χ1) is 10.7. The number of benzene rings is 1. The molecule has 0 heterocycles. The van der Waals surface area contributed by atoms with Crippen molar-refractivity contribution in [3.05, 3.63) is 43.5 Å². The number of aliphatic hydroxyl groups is 1. The lowest BCUT2D eigenvalue weighted by molar-refractivity contribution is -0.395. The normalized spacial score (nSPS) is 11.5. The molecule has 0 bridgehead atoms. The molecular weight excluding hydrogens is 323 g/mol. The van der Waals surface area contributed by atoms with Crippen molar-refractivity contribution in [2.75, 3.05) is 19.7 Å². The van der Waals surface area contributed by atoms with Gasteiger partial charge in [0.25, 0.3) is 11.4 Å². The van der Waals surface area contributed by atoms with E-state index in [-0.39, 0.29) is 31.6 Å². The van der Waals surface area contributed by atoms with Crippen LogP contribution in [0.25, 0.3) is 0 Å². The van der Waals surface area contributed by atoms with Crippen molar-refractivity contribution in [3.63, 3.8) is 0 Å². The number of nitrogens with zero attached hydrogens (tertiary/aromatic N) is 2. The molecule has 0 aliphatic heterocycles. The van der Waals surface area contributed by atoms with E-state index in [0.29, 0.717) is 18.7 Å². The second kappa shape index (κ2) is 7.83. The number of rotatable bonds is 8. The Morgan fingerprint density at radius 2 is 1.61 bits per heavy atom. The Morgan fingerprint density at radius 1 is 1.09 bits per heavy atom. The third kappa shape index (κ3) is 5.14. The Balaban J connectivity index is 3.20. The van der Waals surface area contributed by atoms with Gasteiger partial charge in [0.05, 0.1) is 22.0 Å². The number of nitro groups is 2. The standard InChI is InChI=1S/C12H14F3N3O5/c13-12(14,15)8-6-10(17(20)21)9(11(7-8)18(22)23)2-1-3-16-4-5-19/h6-7,16,19H,1-5H2. The van der Waals surface area contributed by atoms with E-state index in [0.717, 1.165) is 0 Å². The van der Waals surface area contributed by atoms with Crippen LogP contribution in [-0.4, -0.2) is 34.6 Å². The molecule has 128 valence electrons. The van der Waals surface area contributed by atoms with E-state index >= 15 is 0 Å². The molecule has 23 heavy (non-hydrogen) atoms. The van der Waals surface area contributed by atoms with Crippen molar-refractivity contribution in [3.8, 4) is 0 Å². The minimum atomic E-state index is -4.92. The third-order valence-electron chi connectivity index (χ3n) is 2.99. The summed E-state index contributed by atoms with van der Waals surface area (Å²) >= 11 is 0. The van der Waals surface area contributed by atoms with Gasteiger partial charge in [0.2, 0.25) is 0 Å². The molecule has 0 unspecified atom stereocenters. The predicted octanol–water partition coefficient (Wildman–Crippen LogP) is 2.04. The molecule has 1 aromatic rings. The van der Waals surface area contributed by atoms with Gasteiger partial charge in [0, 0.05) is 18.7 Å². The molecule has 0 atom stereocenters. The van der Waals surface area contributed by atoms with Gasteiger partial charge in [-0.1, -0.05) is 0 Å². The topological polar surface area (TPSA) is 119 Å². The van der Waals surface area contributed by atoms with Gasteiger partial charge in [0.15, 0.2) is 0 Å². The lowest BCUT2D eigenvalue weighted by atomic mass is 10.0. The number of hydrogen-bond donors (Lipinski definition) is 2. The van der Waals surface area contributed by atoms with Gasteiger partial charge in [-0.15, -0.1) is 0 Å². The van der Waals surface area contributed by atoms with Crippen LogP contribution >= 0.6 is 0 Å². The predicted molar refractivity (Wildman–Crippen MR) is 73.0 cm³/mol. The largest absolute Gasteiger partial charge is 0.416 e. The van der Waals surface area contributed by atoms with Gasteiger partial charge >= 0.3 is 6.18 Å². The van der Waals surface area contributed by atoms with E-state index in [4.69, 9.17) is 5.11 Å². The van der Waals surface area contributed by atoms with E-state index < -0.39 is 33.0 Å². The fourth-order valence-corrected chi connectivity index (χ4v) is 1.98. The summed E-state index contributed by atoms with van der Waals surface area (Å²) in [7, 11) is 0. The first-order valence-electron chi connectivity index (χ1n) is 6.53. The van der Waals surface area contributed by atoms with E-state index in [9.17, 15) is 33.4 Å². The fourth-order valence-electron chi connectivity index (χ4n) is 1.98. The molecule has 1 rings (SSSR count). The highest BCUT2D eigenvalue weighted by Gasteiger charge is 2.37. The van der Waals surface area contributed by atoms with Crippen molar-refractivity contribution < 1.29 is 28.1 Å². The number of hydrogen-bond acceptors (Lipinski definition) is 6. The van der Waals surface area contributed by atoms with E-state index in [1.54, 1.807) is 0 Å². The summed E-state index contributed by atoms with van der Waals surface area (Å²) in [5.41, 5.74) is -3.63. The summed E-state index contributed by atoms with van der Waals surface area (Å²) in [4.78, 5) is 19.8. The lowest BCUT2D eigenvalue weighted by Crippen LogP contribution is -2.20. The van der Waals surface area contributed by atoms with Gasteiger partial charge in [-0.2, -0.15) is 13.2 Å². The van der Waals surface area contributed by atoms with Crippen LogP contribution < -0.4 is 5.32 Å². The number of nitro benzene ring substituents is 2. The zero-order valence-corrected chi connectivity index (χ0v) is 11.8. The summed E-state index contributed by atoms with van der Waals surface area (Å²) in [6, 6.07) is 0.618. The summed E-state index contributed by atoms with van der Waals surface area (Å²) in [5.74, 6) is 0. The highest BCUT2D eigenvalue weighted by atomic mass is 19.4. The Labute approximate surface area is 128 Å². The molecule has 1 aromatic carbocycles. The molecule has 0 fully saturated rings. The minimum absolute atomic E-state index is 0.124. The summed E-state index contributed by atoms with van der Waals surface area (Å²) < 4.78 is 38.2. The van der Waals surface area contributed by atoms with Crippen LogP contribution in [0.1, 0.15) is 17.5 Å². The van der Waals surface area contributed by atoms with Crippen LogP contribution in [0, 0.1) is 20.2 Å². The van der Waals surface area contributed by atoms with Gasteiger partial charge in [-0.25, -0.2) is 0 Å². The Bertz CT molecular complexity index is 557. The number of aliphatic hydroxyl groups excluding tert-OH is 1. The average Bonchev–Trinajstić information content (AvgIpc) is 2.45. The molecular formula is C12H14F3N3O5. The lowest BCUT2D eigenvalue weighted by Gasteiger charge is -2.10. The first kappa shape index (κ1) is 18.8.